The van der Waals surface area contributed by atoms with E-state index in [1.165, 1.54) is 0 Å². The van der Waals surface area contributed by atoms with Gasteiger partial charge in [0.05, 0.1) is 6.04 Å². The first-order valence-corrected chi connectivity index (χ1v) is 14.6. The molecule has 1 aromatic rings. The number of nitrogens with two attached hydrogens (primary N) is 3. The molecule has 0 aromatic heterocycles. The molecule has 230 valence electrons. The Labute approximate surface area is 243 Å². The third kappa shape index (κ3) is 11.4. The van der Waals surface area contributed by atoms with Gasteiger partial charge in [0.2, 0.25) is 17.7 Å². The summed E-state index contributed by atoms with van der Waals surface area (Å²) in [6, 6.07) is 6.88. The molecule has 1 saturated heterocycles. The van der Waals surface area contributed by atoms with Gasteiger partial charge in [-0.05, 0) is 63.0 Å². The van der Waals surface area contributed by atoms with Crippen LogP contribution >= 0.6 is 0 Å². The average molecular weight is 576 g/mol. The number of piperidine rings is 1. The number of nitrogens with one attached hydrogen (secondary N) is 3. The molecule has 41 heavy (non-hydrogen) atoms. The molecule has 0 saturated carbocycles. The number of rotatable bonds is 17. The average Bonchev–Trinajstić information content (AvgIpc) is 2.94. The summed E-state index contributed by atoms with van der Waals surface area (Å²) in [6.45, 7) is 6.23. The van der Waals surface area contributed by atoms with E-state index in [-0.39, 0.29) is 37.8 Å². The van der Waals surface area contributed by atoms with Crippen molar-refractivity contribution in [2.45, 2.75) is 82.5 Å². The SMILES string of the molecule is CC(C)CC(NC(=O)C(N)Cc1ccccc1)C(=O)NC(CCCCNCCN)C(=O)N1CCC(N)(C(=O)O)CC1. The molecule has 1 fully saturated rings. The first kappa shape index (κ1) is 34.1. The van der Waals surface area contributed by atoms with Crippen molar-refractivity contribution < 1.29 is 24.3 Å². The van der Waals surface area contributed by atoms with Gasteiger partial charge in [-0.15, -0.1) is 0 Å². The van der Waals surface area contributed by atoms with Crippen molar-refractivity contribution in [3.63, 3.8) is 0 Å². The molecule has 1 aliphatic heterocycles. The molecular formula is C29H49N7O5. The Morgan fingerprint density at radius 2 is 1.61 bits per heavy atom. The van der Waals surface area contributed by atoms with E-state index in [0.29, 0.717) is 38.8 Å². The van der Waals surface area contributed by atoms with Gasteiger partial charge in [-0.25, -0.2) is 0 Å². The Bertz CT molecular complexity index is 983. The van der Waals surface area contributed by atoms with Crippen molar-refractivity contribution in [1.29, 1.82) is 0 Å². The summed E-state index contributed by atoms with van der Waals surface area (Å²) in [5, 5.41) is 18.3. The van der Waals surface area contributed by atoms with Crippen molar-refractivity contribution in [2.24, 2.45) is 23.1 Å². The van der Waals surface area contributed by atoms with Crippen LogP contribution in [0.1, 0.15) is 57.9 Å². The lowest BCUT2D eigenvalue weighted by molar-refractivity contribution is -0.148. The molecule has 10 N–H and O–H groups in total. The van der Waals surface area contributed by atoms with Gasteiger partial charge < -0.3 is 43.2 Å². The quantitative estimate of drug-likeness (QED) is 0.122. The molecule has 0 bridgehead atoms. The van der Waals surface area contributed by atoms with Crippen molar-refractivity contribution in [1.82, 2.24) is 20.9 Å². The number of benzene rings is 1. The zero-order valence-corrected chi connectivity index (χ0v) is 24.4. The summed E-state index contributed by atoms with van der Waals surface area (Å²) in [5.41, 5.74) is 17.2. The number of likely N-dealkylation sites (tertiary alicyclic amines) is 1. The Kier molecular flexibility index (Phi) is 14.2. The number of carboxylic acids is 1. The summed E-state index contributed by atoms with van der Waals surface area (Å²) in [6.07, 6.45) is 2.81. The number of amides is 3. The molecular weight excluding hydrogens is 526 g/mol. The first-order valence-electron chi connectivity index (χ1n) is 14.6. The predicted molar refractivity (Wildman–Crippen MR) is 158 cm³/mol. The number of nitrogens with zero attached hydrogens (tertiary/aromatic N) is 1. The van der Waals surface area contributed by atoms with Crippen LogP contribution in [0.2, 0.25) is 0 Å². The van der Waals surface area contributed by atoms with Gasteiger partial charge in [0.1, 0.15) is 17.6 Å². The second-order valence-electron chi connectivity index (χ2n) is 11.4. The van der Waals surface area contributed by atoms with Gasteiger partial charge in [-0.3, -0.25) is 19.2 Å². The zero-order chi connectivity index (χ0) is 30.4. The summed E-state index contributed by atoms with van der Waals surface area (Å²) in [7, 11) is 0. The normalized spacial score (nSPS) is 17.0. The summed E-state index contributed by atoms with van der Waals surface area (Å²) in [5.74, 6) is -2.16. The second-order valence-corrected chi connectivity index (χ2v) is 11.4. The third-order valence-corrected chi connectivity index (χ3v) is 7.40. The smallest absolute Gasteiger partial charge is 0.323 e. The van der Waals surface area contributed by atoms with E-state index < -0.39 is 41.4 Å². The van der Waals surface area contributed by atoms with Crippen LogP contribution in [0.5, 0.6) is 0 Å². The molecule has 1 aliphatic rings. The molecule has 3 atom stereocenters. The van der Waals surface area contributed by atoms with E-state index in [4.69, 9.17) is 17.2 Å². The highest BCUT2D eigenvalue weighted by atomic mass is 16.4. The highest BCUT2D eigenvalue weighted by Gasteiger charge is 2.40. The molecule has 0 spiro atoms. The van der Waals surface area contributed by atoms with Gasteiger partial charge in [0.25, 0.3) is 0 Å². The van der Waals surface area contributed by atoms with E-state index in [0.717, 1.165) is 18.5 Å². The fraction of sp³-hybridized carbons (Fsp3) is 0.655. The maximum atomic E-state index is 13.5. The number of unbranched alkanes of at least 4 members (excludes halogenated alkanes) is 1. The minimum Gasteiger partial charge on any atom is -0.480 e. The van der Waals surface area contributed by atoms with E-state index in [2.05, 4.69) is 16.0 Å². The Hall–Kier alpha value is -3.06. The van der Waals surface area contributed by atoms with E-state index in [1.807, 2.05) is 44.2 Å². The molecule has 3 amide bonds. The number of carboxylic acid groups (broad SMARTS) is 1. The minimum absolute atomic E-state index is 0.0926. The lowest BCUT2D eigenvalue weighted by Gasteiger charge is -2.38. The topological polar surface area (TPSA) is 206 Å². The molecule has 0 aliphatic carbocycles. The second kappa shape index (κ2) is 17.0. The van der Waals surface area contributed by atoms with E-state index >= 15 is 0 Å². The van der Waals surface area contributed by atoms with Crippen LogP contribution in [0.15, 0.2) is 30.3 Å². The highest BCUT2D eigenvalue weighted by molar-refractivity contribution is 5.93. The molecule has 3 unspecified atom stereocenters. The Morgan fingerprint density at radius 1 is 0.976 bits per heavy atom. The highest BCUT2D eigenvalue weighted by Crippen LogP contribution is 2.21. The van der Waals surface area contributed by atoms with Crippen LogP contribution in [0, 0.1) is 5.92 Å². The van der Waals surface area contributed by atoms with Crippen molar-refractivity contribution in [3.8, 4) is 0 Å². The molecule has 12 nitrogen and oxygen atoms in total. The van der Waals surface area contributed by atoms with Crippen molar-refractivity contribution >= 4 is 23.7 Å². The maximum Gasteiger partial charge on any atom is 0.323 e. The molecule has 1 aromatic carbocycles. The van der Waals surface area contributed by atoms with Crippen LogP contribution in [0.25, 0.3) is 0 Å². The van der Waals surface area contributed by atoms with Crippen molar-refractivity contribution in [2.75, 3.05) is 32.7 Å². The number of carbonyl (C=O) groups is 4. The molecule has 12 heteroatoms. The number of aliphatic carboxylic acids is 1. The predicted octanol–water partition coefficient (Wildman–Crippen LogP) is -0.305. The van der Waals surface area contributed by atoms with Gasteiger partial charge in [0, 0.05) is 26.2 Å². The Morgan fingerprint density at radius 3 is 2.20 bits per heavy atom. The lowest BCUT2D eigenvalue weighted by Crippen LogP contribution is -2.60. The van der Waals surface area contributed by atoms with Gasteiger partial charge in [-0.2, -0.15) is 0 Å². The monoisotopic (exact) mass is 575 g/mol. The van der Waals surface area contributed by atoms with Crippen LogP contribution in [0.4, 0.5) is 0 Å². The standard InChI is InChI=1S/C29H49N7O5/c1-20(2)18-24(35-25(37)22(31)19-21-8-4-3-5-9-21)26(38)34-23(10-6-7-14-33-15-13-30)27(39)36-16-11-29(32,12-17-36)28(40)41/h3-5,8-9,20,22-24,33H,6-7,10-19,30-32H2,1-2H3,(H,34,38)(H,35,37)(H,40,41). The van der Waals surface area contributed by atoms with Gasteiger partial charge >= 0.3 is 5.97 Å². The minimum atomic E-state index is -1.37. The number of carbonyl (C=O) groups excluding carboxylic acids is 3. The fourth-order valence-corrected chi connectivity index (χ4v) is 4.86. The van der Waals surface area contributed by atoms with Crippen LogP contribution in [-0.4, -0.2) is 90.1 Å². The lowest BCUT2D eigenvalue weighted by atomic mass is 9.88. The van der Waals surface area contributed by atoms with E-state index in [9.17, 15) is 24.3 Å². The van der Waals surface area contributed by atoms with Gasteiger partial charge in [-0.1, -0.05) is 44.2 Å². The summed E-state index contributed by atoms with van der Waals surface area (Å²) < 4.78 is 0. The largest absolute Gasteiger partial charge is 0.480 e. The van der Waals surface area contributed by atoms with E-state index in [1.54, 1.807) is 4.90 Å². The molecule has 2 rings (SSSR count). The molecule has 0 radical (unpaired) electrons. The number of hydrogen-bond acceptors (Lipinski definition) is 8. The van der Waals surface area contributed by atoms with Gasteiger partial charge in [0.15, 0.2) is 0 Å². The van der Waals surface area contributed by atoms with Crippen molar-refractivity contribution in [3.05, 3.63) is 35.9 Å². The van der Waals surface area contributed by atoms with Crippen LogP contribution < -0.4 is 33.2 Å². The third-order valence-electron chi connectivity index (χ3n) is 7.40. The first-order chi connectivity index (χ1) is 19.5. The molecule has 1 heterocycles. The maximum absolute atomic E-state index is 13.5. The zero-order valence-electron chi connectivity index (χ0n) is 24.4. The van der Waals surface area contributed by atoms with Crippen LogP contribution in [0.3, 0.4) is 0 Å². The Balaban J connectivity index is 2.09. The number of hydrogen-bond donors (Lipinski definition) is 7. The van der Waals surface area contributed by atoms with Crippen LogP contribution in [-0.2, 0) is 25.6 Å². The summed E-state index contributed by atoms with van der Waals surface area (Å²) in [4.78, 5) is 53.1. The fourth-order valence-electron chi connectivity index (χ4n) is 4.86. The summed E-state index contributed by atoms with van der Waals surface area (Å²) >= 11 is 0.